The van der Waals surface area contributed by atoms with Crippen LogP contribution in [0, 0.1) is 13.8 Å². The molecule has 0 aromatic carbocycles. The first-order valence-electron chi connectivity index (χ1n) is 8.64. The molecular formula is C18H25N3O5S. The number of amides is 1. The zero-order valence-corrected chi connectivity index (χ0v) is 17.2. The highest BCUT2D eigenvalue weighted by Gasteiger charge is 2.19. The molecule has 27 heavy (non-hydrogen) atoms. The fourth-order valence-electron chi connectivity index (χ4n) is 2.36. The predicted octanol–water partition coefficient (Wildman–Crippen LogP) is 3.12. The SMILES string of the molecule is Cc1sc2nc([C@H](C)OC(=O)CCNC(=O)OC(C)(C)C)[nH]c(=O)c2c1C. The number of thiophene rings is 1. The molecule has 0 bridgehead atoms. The minimum Gasteiger partial charge on any atom is -0.454 e. The molecule has 2 rings (SSSR count). The molecule has 2 aromatic heterocycles. The zero-order valence-electron chi connectivity index (χ0n) is 16.4. The summed E-state index contributed by atoms with van der Waals surface area (Å²) in [4.78, 5) is 44.6. The van der Waals surface area contributed by atoms with E-state index in [0.29, 0.717) is 16.0 Å². The van der Waals surface area contributed by atoms with Gasteiger partial charge < -0.3 is 19.8 Å². The third-order valence-electron chi connectivity index (χ3n) is 3.75. The van der Waals surface area contributed by atoms with E-state index in [1.165, 1.54) is 11.3 Å². The number of aromatic nitrogens is 2. The van der Waals surface area contributed by atoms with Gasteiger partial charge in [-0.2, -0.15) is 0 Å². The van der Waals surface area contributed by atoms with Crippen molar-refractivity contribution in [1.29, 1.82) is 0 Å². The maximum atomic E-state index is 12.3. The van der Waals surface area contributed by atoms with E-state index in [1.807, 2.05) is 13.8 Å². The van der Waals surface area contributed by atoms with Crippen molar-refractivity contribution < 1.29 is 19.1 Å². The van der Waals surface area contributed by atoms with Gasteiger partial charge in [0.25, 0.3) is 5.56 Å². The number of fused-ring (bicyclic) bond motifs is 1. The first kappa shape index (κ1) is 20.9. The molecule has 2 heterocycles. The molecule has 9 heteroatoms. The van der Waals surface area contributed by atoms with Crippen LogP contribution in [0.3, 0.4) is 0 Å². The van der Waals surface area contributed by atoms with E-state index in [1.54, 1.807) is 27.7 Å². The first-order valence-corrected chi connectivity index (χ1v) is 9.46. The lowest BCUT2D eigenvalue weighted by atomic mass is 10.2. The number of hydrogen-bond donors (Lipinski definition) is 2. The van der Waals surface area contributed by atoms with E-state index < -0.39 is 23.8 Å². The minimum absolute atomic E-state index is 0.0206. The molecular weight excluding hydrogens is 370 g/mol. The van der Waals surface area contributed by atoms with Gasteiger partial charge in [-0.3, -0.25) is 9.59 Å². The van der Waals surface area contributed by atoms with E-state index in [0.717, 1.165) is 10.4 Å². The number of carbonyl (C=O) groups excluding carboxylic acids is 2. The number of alkyl carbamates (subject to hydrolysis) is 1. The Morgan fingerprint density at radius 1 is 1.30 bits per heavy atom. The van der Waals surface area contributed by atoms with Gasteiger partial charge in [0.1, 0.15) is 10.4 Å². The Kier molecular flexibility index (Phi) is 6.25. The number of rotatable bonds is 5. The number of ether oxygens (including phenoxy) is 2. The topological polar surface area (TPSA) is 110 Å². The third-order valence-corrected chi connectivity index (χ3v) is 4.85. The molecule has 1 atom stereocenters. The van der Waals surface area contributed by atoms with Crippen molar-refractivity contribution >= 4 is 33.6 Å². The molecule has 8 nitrogen and oxygen atoms in total. The summed E-state index contributed by atoms with van der Waals surface area (Å²) in [6, 6.07) is 0. The van der Waals surface area contributed by atoms with Crippen LogP contribution >= 0.6 is 11.3 Å². The van der Waals surface area contributed by atoms with Crippen LogP contribution < -0.4 is 10.9 Å². The largest absolute Gasteiger partial charge is 0.454 e. The van der Waals surface area contributed by atoms with Crippen molar-refractivity contribution in [3.63, 3.8) is 0 Å². The van der Waals surface area contributed by atoms with Crippen LogP contribution in [0.5, 0.6) is 0 Å². The average molecular weight is 395 g/mol. The number of H-pyrrole nitrogens is 1. The number of nitrogens with one attached hydrogen (secondary N) is 2. The molecule has 0 aliphatic rings. The molecule has 0 spiro atoms. The first-order chi connectivity index (χ1) is 12.5. The Morgan fingerprint density at radius 2 is 1.96 bits per heavy atom. The maximum Gasteiger partial charge on any atom is 0.407 e. The number of esters is 1. The lowest BCUT2D eigenvalue weighted by Crippen LogP contribution is -2.33. The Morgan fingerprint density at radius 3 is 2.59 bits per heavy atom. The molecule has 0 aliphatic carbocycles. The summed E-state index contributed by atoms with van der Waals surface area (Å²) >= 11 is 1.43. The Hall–Kier alpha value is -2.42. The summed E-state index contributed by atoms with van der Waals surface area (Å²) in [6.07, 6.45) is -1.32. The minimum atomic E-state index is -0.709. The lowest BCUT2D eigenvalue weighted by Gasteiger charge is -2.19. The van der Waals surface area contributed by atoms with Crippen molar-refractivity contribution in [2.24, 2.45) is 0 Å². The Bertz CT molecular complexity index is 910. The van der Waals surface area contributed by atoms with Crippen LogP contribution in [0.4, 0.5) is 4.79 Å². The second kappa shape index (κ2) is 8.08. The van der Waals surface area contributed by atoms with Crippen molar-refractivity contribution in [3.05, 3.63) is 26.6 Å². The fourth-order valence-corrected chi connectivity index (χ4v) is 3.39. The van der Waals surface area contributed by atoms with Crippen LogP contribution in [0.15, 0.2) is 4.79 Å². The predicted molar refractivity (Wildman–Crippen MR) is 103 cm³/mol. The van der Waals surface area contributed by atoms with Crippen LogP contribution in [-0.2, 0) is 14.3 Å². The van der Waals surface area contributed by atoms with Crippen molar-refractivity contribution in [3.8, 4) is 0 Å². The van der Waals surface area contributed by atoms with Crippen molar-refractivity contribution in [2.75, 3.05) is 6.54 Å². The molecule has 0 unspecified atom stereocenters. The highest BCUT2D eigenvalue weighted by molar-refractivity contribution is 7.18. The Balaban J connectivity index is 1.94. The van der Waals surface area contributed by atoms with Crippen molar-refractivity contribution in [2.45, 2.75) is 59.7 Å². The zero-order chi connectivity index (χ0) is 20.4. The van der Waals surface area contributed by atoms with Crippen LogP contribution in [0.25, 0.3) is 10.2 Å². The summed E-state index contributed by atoms with van der Waals surface area (Å²) < 4.78 is 10.4. The van der Waals surface area contributed by atoms with E-state index >= 15 is 0 Å². The van der Waals surface area contributed by atoms with Crippen LogP contribution in [0.1, 0.15) is 56.5 Å². The van der Waals surface area contributed by atoms with Crippen LogP contribution in [-0.4, -0.2) is 34.2 Å². The molecule has 0 fully saturated rings. The highest BCUT2D eigenvalue weighted by Crippen LogP contribution is 2.26. The third kappa shape index (κ3) is 5.53. The smallest absolute Gasteiger partial charge is 0.407 e. The molecule has 0 saturated heterocycles. The van der Waals surface area contributed by atoms with Gasteiger partial charge in [-0.1, -0.05) is 0 Å². The van der Waals surface area contributed by atoms with Crippen LogP contribution in [0.2, 0.25) is 0 Å². The number of nitrogens with zero attached hydrogens (tertiary/aromatic N) is 1. The maximum absolute atomic E-state index is 12.3. The average Bonchev–Trinajstić information content (AvgIpc) is 2.80. The number of carbonyl (C=O) groups is 2. The van der Waals surface area contributed by atoms with Gasteiger partial charge >= 0.3 is 12.1 Å². The fraction of sp³-hybridized carbons (Fsp3) is 0.556. The standard InChI is InChI=1S/C18H25N3O5S/c1-9-11(3)27-16-13(9)15(23)20-14(21-16)10(2)25-12(22)7-8-19-17(24)26-18(4,5)6/h10H,7-8H2,1-6H3,(H,19,24)(H,20,21,23)/t10-/m0/s1. The van der Waals surface area contributed by atoms with E-state index in [4.69, 9.17) is 9.47 Å². The van der Waals surface area contributed by atoms with Gasteiger partial charge in [0.05, 0.1) is 11.8 Å². The molecule has 0 radical (unpaired) electrons. The number of aromatic amines is 1. The lowest BCUT2D eigenvalue weighted by molar-refractivity contribution is -0.148. The molecule has 2 N–H and O–H groups in total. The van der Waals surface area contributed by atoms with Gasteiger partial charge in [0.15, 0.2) is 11.9 Å². The van der Waals surface area contributed by atoms with E-state index in [2.05, 4.69) is 15.3 Å². The summed E-state index contributed by atoms with van der Waals surface area (Å²) in [6.45, 7) is 10.8. The summed E-state index contributed by atoms with van der Waals surface area (Å²) in [7, 11) is 0. The molecule has 148 valence electrons. The second-order valence-corrected chi connectivity index (χ2v) is 8.43. The van der Waals surface area contributed by atoms with Gasteiger partial charge in [-0.25, -0.2) is 9.78 Å². The van der Waals surface area contributed by atoms with Gasteiger partial charge in [0.2, 0.25) is 0 Å². The van der Waals surface area contributed by atoms with E-state index in [9.17, 15) is 14.4 Å². The quantitative estimate of drug-likeness (QED) is 0.753. The summed E-state index contributed by atoms with van der Waals surface area (Å²) in [5, 5.41) is 3.06. The summed E-state index contributed by atoms with van der Waals surface area (Å²) in [5.74, 6) is -0.220. The van der Waals surface area contributed by atoms with E-state index in [-0.39, 0.29) is 18.5 Å². The second-order valence-electron chi connectivity index (χ2n) is 7.23. The summed E-state index contributed by atoms with van der Waals surface area (Å²) in [5.41, 5.74) is 0.0628. The molecule has 1 amide bonds. The monoisotopic (exact) mass is 395 g/mol. The van der Waals surface area contributed by atoms with Gasteiger partial charge in [-0.15, -0.1) is 11.3 Å². The molecule has 0 saturated carbocycles. The molecule has 0 aliphatic heterocycles. The Labute approximate surface area is 161 Å². The highest BCUT2D eigenvalue weighted by atomic mass is 32.1. The number of hydrogen-bond acceptors (Lipinski definition) is 7. The number of aryl methyl sites for hydroxylation is 2. The normalized spacial score (nSPS) is 12.7. The van der Waals surface area contributed by atoms with Gasteiger partial charge in [-0.05, 0) is 47.1 Å². The molecule has 2 aromatic rings. The van der Waals surface area contributed by atoms with Crippen molar-refractivity contribution in [1.82, 2.24) is 15.3 Å². The van der Waals surface area contributed by atoms with Gasteiger partial charge in [0, 0.05) is 11.4 Å².